The first-order valence-electron chi connectivity index (χ1n) is 5.21. The van der Waals surface area contributed by atoms with Crippen molar-refractivity contribution in [3.63, 3.8) is 0 Å². The Hall–Kier alpha value is -0.270. The van der Waals surface area contributed by atoms with E-state index < -0.39 is 39.2 Å². The summed E-state index contributed by atoms with van der Waals surface area (Å²) in [6, 6.07) is -0.850. The molecule has 0 amide bonds. The van der Waals surface area contributed by atoms with E-state index in [0.29, 0.717) is 13.0 Å². The lowest BCUT2D eigenvalue weighted by Gasteiger charge is -2.26. The highest BCUT2D eigenvalue weighted by Gasteiger charge is 2.17. The number of hydrogen-bond acceptors (Lipinski definition) is 6. The van der Waals surface area contributed by atoms with Crippen LogP contribution in [0.15, 0.2) is 0 Å². The van der Waals surface area contributed by atoms with Crippen molar-refractivity contribution in [1.29, 1.82) is 0 Å². The second kappa shape index (κ2) is 7.35. The number of aliphatic carboxylic acids is 1. The number of hydrogen-bond donors (Lipinski definition) is 3. The normalized spacial score (nSPS) is 19.8. The number of rotatable bonds is 9. The minimum absolute atomic E-state index is 0.252. The van der Waals surface area contributed by atoms with Gasteiger partial charge in [0.25, 0.3) is 0 Å². The summed E-state index contributed by atoms with van der Waals surface area (Å²) in [6.45, 7) is 0.320. The molecule has 0 bridgehead atoms. The van der Waals surface area contributed by atoms with Gasteiger partial charge in [0.15, 0.2) is 0 Å². The van der Waals surface area contributed by atoms with E-state index in [1.54, 1.807) is 0 Å². The van der Waals surface area contributed by atoms with Crippen molar-refractivity contribution < 1.29 is 44.8 Å². The van der Waals surface area contributed by atoms with Crippen molar-refractivity contribution in [2.24, 2.45) is 0 Å². The predicted octanol–water partition coefficient (Wildman–Crippen LogP) is -5.21. The monoisotopic (exact) mass is 303 g/mol. The fourth-order valence-electron chi connectivity index (χ4n) is 1.24. The highest BCUT2D eigenvalue weighted by molar-refractivity contribution is 7.71. The van der Waals surface area contributed by atoms with Gasteiger partial charge in [-0.05, 0) is 0 Å². The third-order valence-electron chi connectivity index (χ3n) is 2.10. The van der Waals surface area contributed by atoms with Crippen LogP contribution < -0.4 is 25.9 Å². The summed E-state index contributed by atoms with van der Waals surface area (Å²) in [5.74, 6) is -2.52. The first-order chi connectivity index (χ1) is 8.03. The Labute approximate surface area is 104 Å². The van der Waals surface area contributed by atoms with Crippen LogP contribution in [0.5, 0.6) is 0 Å². The van der Waals surface area contributed by atoms with Gasteiger partial charge in [0.2, 0.25) is 0 Å². The smallest absolute Gasteiger partial charge is 0.138 e. The van der Waals surface area contributed by atoms with Crippen LogP contribution in [0.4, 0.5) is 0 Å². The fraction of sp³-hybridized carbons (Fsp3) is 0.857. The lowest BCUT2D eigenvalue weighted by Crippen LogP contribution is -2.84. The molecule has 0 aliphatic heterocycles. The van der Waals surface area contributed by atoms with E-state index in [1.165, 1.54) is 5.32 Å². The van der Waals surface area contributed by atoms with Gasteiger partial charge in [-0.25, -0.2) is 0 Å². The number of carboxylic acid groups (broad SMARTS) is 1. The van der Waals surface area contributed by atoms with Crippen LogP contribution in [0.3, 0.4) is 0 Å². The number of carboxylic acids is 1. The molecule has 0 aliphatic rings. The number of carbonyl (C=O) groups excluding carboxylic acids is 1. The third kappa shape index (κ3) is 9.73. The first kappa shape index (κ1) is 17.7. The standard InChI is InChI=1S/C7H18N2O7P2/c8-6(7(10)11)2-1-3-9-4-17(12,13)5-18(14,15)16/h6,9H,1-5,8H2,(H,10,11)(H,12,13)(H2,14,15,16)/p-1/t6-/m0/s1. The Morgan fingerprint density at radius 2 is 1.94 bits per heavy atom. The van der Waals surface area contributed by atoms with E-state index in [2.05, 4.69) is 5.73 Å². The van der Waals surface area contributed by atoms with Gasteiger partial charge in [-0.2, -0.15) is 0 Å². The molecule has 0 heterocycles. The Morgan fingerprint density at radius 1 is 1.39 bits per heavy atom. The lowest BCUT2D eigenvalue weighted by atomic mass is 10.2. The Bertz CT molecular complexity index is 369. The van der Waals surface area contributed by atoms with Crippen LogP contribution in [0.2, 0.25) is 0 Å². The van der Waals surface area contributed by atoms with Gasteiger partial charge < -0.3 is 44.8 Å². The molecule has 0 aromatic carbocycles. The van der Waals surface area contributed by atoms with Crippen LogP contribution in [0.25, 0.3) is 0 Å². The van der Waals surface area contributed by atoms with E-state index in [9.17, 15) is 28.8 Å². The molecule has 108 valence electrons. The molecule has 0 saturated carbocycles. The second-order valence-electron chi connectivity index (χ2n) is 4.01. The Balaban J connectivity index is 3.82. The SMILES string of the molecule is [NH3+][C@@H](CCC[NH2+]CP(=O)([O-])CP(=O)([O-])O)C(=O)[O-]. The van der Waals surface area contributed by atoms with Crippen LogP contribution in [0, 0.1) is 0 Å². The van der Waals surface area contributed by atoms with Gasteiger partial charge in [-0.3, -0.25) is 0 Å². The fourth-order valence-corrected chi connectivity index (χ4v) is 4.46. The average Bonchev–Trinajstić information content (AvgIpc) is 2.12. The molecular formula is C7H17N2O7P2-. The Morgan fingerprint density at radius 3 is 2.39 bits per heavy atom. The summed E-state index contributed by atoms with van der Waals surface area (Å²) in [5, 5.41) is 11.6. The molecule has 0 aromatic rings. The zero-order chi connectivity index (χ0) is 14.4. The molecule has 2 unspecified atom stereocenters. The van der Waals surface area contributed by atoms with Crippen molar-refractivity contribution in [3.05, 3.63) is 0 Å². The van der Waals surface area contributed by atoms with Gasteiger partial charge in [-0.1, -0.05) is 0 Å². The van der Waals surface area contributed by atoms with Crippen molar-refractivity contribution in [2.45, 2.75) is 18.9 Å². The molecular weight excluding hydrogens is 286 g/mol. The zero-order valence-corrected chi connectivity index (χ0v) is 11.5. The van der Waals surface area contributed by atoms with Crippen LogP contribution in [-0.4, -0.2) is 35.6 Å². The number of nitrogens with two attached hydrogens (primary N) is 1. The topological polar surface area (TPSA) is 185 Å². The van der Waals surface area contributed by atoms with Crippen molar-refractivity contribution in [2.75, 3.05) is 18.7 Å². The van der Waals surface area contributed by atoms with Crippen molar-refractivity contribution >= 4 is 20.9 Å². The molecule has 0 fully saturated rings. The molecule has 6 N–H and O–H groups in total. The summed E-state index contributed by atoms with van der Waals surface area (Å²) in [6.07, 6.45) is 0.214. The molecule has 0 saturated heterocycles. The number of carbonyl (C=O) groups is 1. The van der Waals surface area contributed by atoms with Crippen molar-refractivity contribution in [1.82, 2.24) is 0 Å². The van der Waals surface area contributed by atoms with Gasteiger partial charge in [0, 0.05) is 12.8 Å². The highest BCUT2D eigenvalue weighted by atomic mass is 31.2. The van der Waals surface area contributed by atoms with E-state index in [1.807, 2.05) is 0 Å². The van der Waals surface area contributed by atoms with Crippen LogP contribution in [0.1, 0.15) is 12.8 Å². The van der Waals surface area contributed by atoms with E-state index in [4.69, 9.17) is 4.89 Å². The van der Waals surface area contributed by atoms with Gasteiger partial charge in [-0.15, -0.1) is 0 Å². The summed E-state index contributed by atoms with van der Waals surface area (Å²) < 4.78 is 21.6. The van der Waals surface area contributed by atoms with Crippen LogP contribution >= 0.6 is 15.0 Å². The van der Waals surface area contributed by atoms with E-state index in [0.717, 1.165) is 0 Å². The highest BCUT2D eigenvalue weighted by Crippen LogP contribution is 2.47. The summed E-state index contributed by atoms with van der Waals surface area (Å²) in [4.78, 5) is 40.3. The molecule has 3 atom stereocenters. The summed E-state index contributed by atoms with van der Waals surface area (Å²) in [5.41, 5.74) is 3.33. The minimum Gasteiger partial charge on any atom is -0.795 e. The van der Waals surface area contributed by atoms with E-state index >= 15 is 0 Å². The molecule has 0 radical (unpaired) electrons. The molecule has 11 heteroatoms. The minimum atomic E-state index is -4.81. The molecule has 0 aliphatic carbocycles. The molecule has 0 rings (SSSR count). The van der Waals surface area contributed by atoms with Crippen LogP contribution in [-0.2, 0) is 13.9 Å². The molecule has 0 spiro atoms. The van der Waals surface area contributed by atoms with Gasteiger partial charge in [0.1, 0.15) is 19.9 Å². The second-order valence-corrected chi connectivity index (χ2v) is 8.41. The maximum Gasteiger partial charge on any atom is 0.138 e. The molecule has 18 heavy (non-hydrogen) atoms. The quantitative estimate of drug-likeness (QED) is 0.280. The molecule has 9 nitrogen and oxygen atoms in total. The number of quaternary nitrogens is 2. The molecule has 0 aromatic heterocycles. The summed E-state index contributed by atoms with van der Waals surface area (Å²) in [7, 11) is -8.99. The maximum absolute atomic E-state index is 11.2. The average molecular weight is 303 g/mol. The maximum atomic E-state index is 11.2. The van der Waals surface area contributed by atoms with Gasteiger partial charge >= 0.3 is 0 Å². The Kier molecular flexibility index (Phi) is 7.24. The first-order valence-corrected chi connectivity index (χ1v) is 8.97. The lowest BCUT2D eigenvalue weighted by molar-refractivity contribution is -0.642. The zero-order valence-electron chi connectivity index (χ0n) is 9.69. The predicted molar refractivity (Wildman–Crippen MR) is 54.9 cm³/mol. The largest absolute Gasteiger partial charge is 0.795 e. The third-order valence-corrected chi connectivity index (χ3v) is 6.06. The van der Waals surface area contributed by atoms with E-state index in [-0.39, 0.29) is 6.42 Å². The van der Waals surface area contributed by atoms with Crippen molar-refractivity contribution in [3.8, 4) is 0 Å². The van der Waals surface area contributed by atoms with Gasteiger partial charge in [0.05, 0.1) is 25.8 Å². The summed E-state index contributed by atoms with van der Waals surface area (Å²) >= 11 is 0.